The van der Waals surface area contributed by atoms with E-state index in [1.807, 2.05) is 0 Å². The normalized spacial score (nSPS) is 10.5. The van der Waals surface area contributed by atoms with Crippen LogP contribution in [0.2, 0.25) is 0 Å². The highest BCUT2D eigenvalue weighted by Gasteiger charge is 2.07. The molecular formula is C12H19N8O2P. The Balaban J connectivity index is 1.66. The molecule has 1 atom stereocenters. The average molecular weight is 338 g/mol. The van der Waals surface area contributed by atoms with Gasteiger partial charge in [0.05, 0.1) is 0 Å². The highest BCUT2D eigenvalue weighted by atomic mass is 31.0. The molecule has 23 heavy (non-hydrogen) atoms. The number of aromatic amines is 1. The van der Waals surface area contributed by atoms with E-state index in [1.54, 1.807) is 0 Å². The molecule has 0 saturated carbocycles. The zero-order chi connectivity index (χ0) is 16.7. The van der Waals surface area contributed by atoms with E-state index < -0.39 is 0 Å². The van der Waals surface area contributed by atoms with Crippen molar-refractivity contribution in [1.29, 1.82) is 0 Å². The zero-order valence-corrected chi connectivity index (χ0v) is 13.6. The largest absolute Gasteiger partial charge is 0.382 e. The fourth-order valence-corrected chi connectivity index (χ4v) is 1.99. The van der Waals surface area contributed by atoms with E-state index in [2.05, 4.69) is 45.0 Å². The summed E-state index contributed by atoms with van der Waals surface area (Å²) in [5.74, 6) is 0.567. The molecule has 2 aromatic rings. The predicted molar refractivity (Wildman–Crippen MR) is 89.3 cm³/mol. The van der Waals surface area contributed by atoms with Gasteiger partial charge in [-0.05, 0) is 15.8 Å². The van der Waals surface area contributed by atoms with Gasteiger partial charge in [0.15, 0.2) is 11.5 Å². The van der Waals surface area contributed by atoms with Crippen LogP contribution in [0.4, 0.5) is 11.8 Å². The van der Waals surface area contributed by atoms with Crippen molar-refractivity contribution in [3.05, 3.63) is 6.33 Å². The number of nitrogens with two attached hydrogens (primary N) is 1. The fraction of sp³-hybridized carbons (Fsp3) is 0.417. The molecule has 2 aromatic heterocycles. The van der Waals surface area contributed by atoms with Crippen LogP contribution in [0, 0.1) is 0 Å². The number of hydrogen-bond donors (Lipinski definition) is 5. The molecule has 0 spiro atoms. The van der Waals surface area contributed by atoms with E-state index in [1.165, 1.54) is 6.33 Å². The number of nitrogens with zero attached hydrogens (tertiary/aromatic N) is 3. The van der Waals surface area contributed by atoms with Gasteiger partial charge in [-0.1, -0.05) is 0 Å². The van der Waals surface area contributed by atoms with Crippen LogP contribution < -0.4 is 21.5 Å². The van der Waals surface area contributed by atoms with Gasteiger partial charge in [-0.15, -0.1) is 0 Å². The summed E-state index contributed by atoms with van der Waals surface area (Å²) in [5, 5.41) is 8.22. The highest BCUT2D eigenvalue weighted by Crippen LogP contribution is 2.15. The van der Waals surface area contributed by atoms with Crippen molar-refractivity contribution < 1.29 is 9.59 Å². The van der Waals surface area contributed by atoms with Gasteiger partial charge in [0.2, 0.25) is 17.8 Å². The summed E-state index contributed by atoms with van der Waals surface area (Å²) in [6, 6.07) is 0. The van der Waals surface area contributed by atoms with E-state index in [0.29, 0.717) is 42.4 Å². The van der Waals surface area contributed by atoms with Crippen LogP contribution in [-0.2, 0) is 9.59 Å². The minimum atomic E-state index is -0.181. The molecule has 2 amide bonds. The van der Waals surface area contributed by atoms with Gasteiger partial charge in [-0.25, -0.2) is 9.97 Å². The van der Waals surface area contributed by atoms with E-state index in [-0.39, 0.29) is 24.7 Å². The summed E-state index contributed by atoms with van der Waals surface area (Å²) < 4.78 is 0. The smallest absolute Gasteiger partial charge is 0.223 e. The van der Waals surface area contributed by atoms with Gasteiger partial charge in [0, 0.05) is 25.9 Å². The Bertz CT molecular complexity index is 689. The maximum Gasteiger partial charge on any atom is 0.223 e. The molecule has 124 valence electrons. The molecule has 10 nitrogen and oxygen atoms in total. The van der Waals surface area contributed by atoms with Gasteiger partial charge >= 0.3 is 0 Å². The fourth-order valence-electron chi connectivity index (χ4n) is 1.84. The van der Waals surface area contributed by atoms with Gasteiger partial charge in [-0.2, -0.15) is 4.98 Å². The van der Waals surface area contributed by atoms with Crippen molar-refractivity contribution >= 4 is 44.1 Å². The second-order valence-electron chi connectivity index (χ2n) is 4.74. The zero-order valence-electron chi connectivity index (χ0n) is 12.4. The molecule has 0 aliphatic rings. The van der Waals surface area contributed by atoms with Crippen molar-refractivity contribution in [1.82, 2.24) is 30.3 Å². The van der Waals surface area contributed by atoms with Crippen LogP contribution in [0.1, 0.15) is 19.3 Å². The minimum absolute atomic E-state index is 0.148. The monoisotopic (exact) mass is 338 g/mol. The van der Waals surface area contributed by atoms with Crippen molar-refractivity contribution in [2.75, 3.05) is 24.1 Å². The van der Waals surface area contributed by atoms with Crippen LogP contribution in [-0.4, -0.2) is 44.8 Å². The van der Waals surface area contributed by atoms with Crippen molar-refractivity contribution in [3.63, 3.8) is 0 Å². The van der Waals surface area contributed by atoms with Crippen molar-refractivity contribution in [3.8, 4) is 0 Å². The van der Waals surface area contributed by atoms with Crippen LogP contribution in [0.15, 0.2) is 6.33 Å². The van der Waals surface area contributed by atoms with E-state index in [9.17, 15) is 9.59 Å². The molecule has 0 saturated heterocycles. The van der Waals surface area contributed by atoms with Gasteiger partial charge < -0.3 is 26.4 Å². The third-order valence-corrected chi connectivity index (χ3v) is 3.35. The number of anilines is 2. The standard InChI is InChI=1S/C12H19N8O2P/c13-10-9-11(17-6-16-10)19-12(18-9)15-5-1-4-14-7(21)2-3-8(22)20-23/h6H,1-5,23H2,(H,14,21)(H,20,22)(H4,13,15,16,17,18,19). The predicted octanol–water partition coefficient (Wildman–Crippen LogP) is -0.460. The second-order valence-corrected chi connectivity index (χ2v) is 5.03. The third-order valence-electron chi connectivity index (χ3n) is 3.03. The Kier molecular flexibility index (Phi) is 6.04. The molecule has 0 bridgehead atoms. The topological polar surface area (TPSA) is 151 Å². The Labute approximate surface area is 134 Å². The summed E-state index contributed by atoms with van der Waals surface area (Å²) in [6.07, 6.45) is 2.42. The van der Waals surface area contributed by atoms with Gasteiger partial charge in [0.25, 0.3) is 0 Å². The number of carbonyl (C=O) groups excluding carboxylic acids is 2. The maximum atomic E-state index is 11.5. The van der Waals surface area contributed by atoms with Crippen LogP contribution in [0.5, 0.6) is 0 Å². The lowest BCUT2D eigenvalue weighted by atomic mass is 10.3. The van der Waals surface area contributed by atoms with Crippen LogP contribution >= 0.6 is 9.39 Å². The Morgan fingerprint density at radius 3 is 2.74 bits per heavy atom. The average Bonchev–Trinajstić information content (AvgIpc) is 2.96. The number of hydrogen-bond acceptors (Lipinski definition) is 7. The summed E-state index contributed by atoms with van der Waals surface area (Å²) in [7, 11) is 2.11. The molecule has 0 fully saturated rings. The first-order valence-corrected chi connectivity index (χ1v) is 7.64. The first kappa shape index (κ1) is 16.9. The summed E-state index contributed by atoms with van der Waals surface area (Å²) >= 11 is 0. The molecule has 0 aromatic carbocycles. The number of nitrogens with one attached hydrogen (secondary N) is 4. The number of aromatic nitrogens is 4. The maximum absolute atomic E-state index is 11.5. The second kappa shape index (κ2) is 8.23. The molecule has 0 aliphatic carbocycles. The number of nitrogen functional groups attached to an aromatic ring is 1. The molecule has 2 rings (SSSR count). The lowest BCUT2D eigenvalue weighted by molar-refractivity contribution is -0.125. The lowest BCUT2D eigenvalue weighted by Crippen LogP contribution is -2.27. The molecule has 0 aliphatic heterocycles. The molecule has 2 heterocycles. The van der Waals surface area contributed by atoms with E-state index >= 15 is 0 Å². The number of rotatable bonds is 8. The molecule has 11 heteroatoms. The molecule has 6 N–H and O–H groups in total. The first-order valence-electron chi connectivity index (χ1n) is 7.06. The number of imidazole rings is 1. The number of H-pyrrole nitrogens is 1. The first-order chi connectivity index (χ1) is 11.1. The summed E-state index contributed by atoms with van der Waals surface area (Å²) in [4.78, 5) is 37.6. The Morgan fingerprint density at radius 1 is 1.22 bits per heavy atom. The third kappa shape index (κ3) is 5.03. The van der Waals surface area contributed by atoms with Crippen molar-refractivity contribution in [2.24, 2.45) is 0 Å². The highest BCUT2D eigenvalue weighted by molar-refractivity contribution is 7.15. The molecular weight excluding hydrogens is 319 g/mol. The SMILES string of the molecule is Nc1ncnc2nc(NCCCNC(=O)CCC(=O)NP)[nH]c12. The minimum Gasteiger partial charge on any atom is -0.382 e. The number of carbonyl (C=O) groups is 2. The van der Waals surface area contributed by atoms with Gasteiger partial charge in [0.1, 0.15) is 11.8 Å². The van der Waals surface area contributed by atoms with Crippen molar-refractivity contribution in [2.45, 2.75) is 19.3 Å². The summed E-state index contributed by atoms with van der Waals surface area (Å²) in [6.45, 7) is 1.12. The molecule has 1 unspecified atom stereocenters. The van der Waals surface area contributed by atoms with Crippen LogP contribution in [0.3, 0.4) is 0 Å². The quantitative estimate of drug-likeness (QED) is 0.323. The van der Waals surface area contributed by atoms with E-state index in [0.717, 1.165) is 0 Å². The van der Waals surface area contributed by atoms with Crippen LogP contribution in [0.25, 0.3) is 11.2 Å². The molecule has 0 radical (unpaired) electrons. The van der Waals surface area contributed by atoms with E-state index in [4.69, 9.17) is 5.73 Å². The Hall–Kier alpha value is -2.48. The summed E-state index contributed by atoms with van der Waals surface area (Å²) in [5.41, 5.74) is 6.81. The van der Waals surface area contributed by atoms with Gasteiger partial charge in [-0.3, -0.25) is 9.59 Å². The number of fused-ring (bicyclic) bond motifs is 1. The lowest BCUT2D eigenvalue weighted by Gasteiger charge is -2.05. The Morgan fingerprint density at radius 2 is 2.00 bits per heavy atom. The number of amides is 2.